The van der Waals surface area contributed by atoms with E-state index in [4.69, 9.17) is 9.47 Å². The first-order valence-electron chi connectivity index (χ1n) is 11.6. The first kappa shape index (κ1) is 24.8. The Balaban J connectivity index is 1.63. The van der Waals surface area contributed by atoms with Crippen molar-refractivity contribution in [2.75, 3.05) is 16.8 Å². The number of nitrogens with one attached hydrogen (secondary N) is 3. The molecule has 194 valence electrons. The number of hydrogen-bond acceptors (Lipinski definition) is 6. The van der Waals surface area contributed by atoms with Crippen molar-refractivity contribution < 1.29 is 22.9 Å². The van der Waals surface area contributed by atoms with E-state index in [0.717, 1.165) is 18.4 Å². The molecule has 1 saturated heterocycles. The molecule has 3 aromatic rings. The molecular formula is C25H26FN5O5S. The molecule has 1 aromatic heterocycles. The van der Waals surface area contributed by atoms with Gasteiger partial charge in [-0.3, -0.25) is 14.2 Å². The SMILES string of the molecule is COc1cc(N2NS2=O)ccc1Oc1c(C(=O)NC2CC2)c(Nc2ccc(C)cc2F)n(C)c(=O)c1C. The van der Waals surface area contributed by atoms with Crippen molar-refractivity contribution in [1.82, 2.24) is 14.7 Å². The van der Waals surface area contributed by atoms with Crippen molar-refractivity contribution in [3.63, 3.8) is 0 Å². The highest BCUT2D eigenvalue weighted by Gasteiger charge is 2.32. The van der Waals surface area contributed by atoms with Gasteiger partial charge in [-0.15, -0.1) is 4.83 Å². The lowest BCUT2D eigenvalue weighted by Gasteiger charge is -2.22. The van der Waals surface area contributed by atoms with Gasteiger partial charge in [0.05, 0.1) is 24.0 Å². The van der Waals surface area contributed by atoms with Crippen LogP contribution in [0.5, 0.6) is 17.2 Å². The number of hydrogen-bond donors (Lipinski definition) is 3. The Labute approximate surface area is 215 Å². The molecule has 0 radical (unpaired) electrons. The van der Waals surface area contributed by atoms with Crippen molar-refractivity contribution in [3.8, 4) is 17.2 Å². The molecule has 2 aromatic carbocycles. The Morgan fingerprint density at radius 3 is 2.51 bits per heavy atom. The molecule has 2 fully saturated rings. The number of hydrazine groups is 1. The van der Waals surface area contributed by atoms with Crippen LogP contribution < -0.4 is 34.9 Å². The van der Waals surface area contributed by atoms with E-state index in [1.807, 2.05) is 0 Å². The number of halogens is 1. The van der Waals surface area contributed by atoms with Gasteiger partial charge in [0.25, 0.3) is 11.5 Å². The second kappa shape index (κ2) is 9.52. The van der Waals surface area contributed by atoms with Gasteiger partial charge < -0.3 is 20.1 Å². The van der Waals surface area contributed by atoms with Gasteiger partial charge in [0.15, 0.2) is 17.2 Å². The Hall–Kier alpha value is -3.90. The van der Waals surface area contributed by atoms with E-state index < -0.39 is 28.5 Å². The number of benzene rings is 2. The van der Waals surface area contributed by atoms with E-state index in [0.29, 0.717) is 11.4 Å². The zero-order valence-electron chi connectivity index (χ0n) is 20.7. The molecule has 1 saturated carbocycles. The first-order valence-corrected chi connectivity index (χ1v) is 12.7. The van der Waals surface area contributed by atoms with Crippen molar-refractivity contribution in [3.05, 3.63) is 69.3 Å². The van der Waals surface area contributed by atoms with Gasteiger partial charge in [0.1, 0.15) is 17.2 Å². The molecular weight excluding hydrogens is 501 g/mol. The topological polar surface area (TPSA) is 124 Å². The van der Waals surface area contributed by atoms with Crippen molar-refractivity contribution in [2.24, 2.45) is 7.05 Å². The molecule has 0 spiro atoms. The molecule has 10 nitrogen and oxygen atoms in total. The number of nitrogens with zero attached hydrogens (tertiary/aromatic N) is 2. The molecule has 1 atom stereocenters. The minimum Gasteiger partial charge on any atom is -0.493 e. The number of rotatable bonds is 8. The molecule has 37 heavy (non-hydrogen) atoms. The zero-order chi connectivity index (χ0) is 26.4. The number of aryl methyl sites for hydroxylation is 1. The number of pyridine rings is 1. The molecule has 1 unspecified atom stereocenters. The molecule has 1 amide bonds. The highest BCUT2D eigenvalue weighted by molar-refractivity contribution is 7.91. The van der Waals surface area contributed by atoms with Crippen LogP contribution in [0, 0.1) is 19.7 Å². The molecule has 3 N–H and O–H groups in total. The summed E-state index contributed by atoms with van der Waals surface area (Å²) in [6.07, 6.45) is 1.70. The summed E-state index contributed by atoms with van der Waals surface area (Å²) in [5.41, 5.74) is 1.26. The van der Waals surface area contributed by atoms with Crippen LogP contribution in [0.15, 0.2) is 41.2 Å². The molecule has 0 bridgehead atoms. The first-order chi connectivity index (χ1) is 17.7. The number of methoxy groups -OCH3 is 1. The Bertz CT molecular complexity index is 1500. The summed E-state index contributed by atoms with van der Waals surface area (Å²) < 4.78 is 40.7. The smallest absolute Gasteiger partial charge is 0.259 e. The number of anilines is 3. The van der Waals surface area contributed by atoms with Crippen molar-refractivity contribution >= 4 is 34.3 Å². The van der Waals surface area contributed by atoms with Crippen molar-refractivity contribution in [1.29, 1.82) is 0 Å². The molecule has 1 aliphatic heterocycles. The van der Waals surface area contributed by atoms with Gasteiger partial charge in [-0.2, -0.15) is 4.41 Å². The third kappa shape index (κ3) is 4.89. The quantitative estimate of drug-likeness (QED) is 0.386. The van der Waals surface area contributed by atoms with Crippen LogP contribution in [0.1, 0.15) is 34.3 Å². The number of ether oxygens (including phenoxy) is 2. The fourth-order valence-corrected chi connectivity index (χ4v) is 4.52. The van der Waals surface area contributed by atoms with Crippen LogP contribution >= 0.6 is 0 Å². The van der Waals surface area contributed by atoms with Crippen LogP contribution in [0.3, 0.4) is 0 Å². The fraction of sp³-hybridized carbons (Fsp3) is 0.280. The third-order valence-corrected chi connectivity index (χ3v) is 6.97. The van der Waals surface area contributed by atoms with Gasteiger partial charge in [-0.05, 0) is 56.5 Å². The normalized spacial score (nSPS) is 16.4. The summed E-state index contributed by atoms with van der Waals surface area (Å²) >= 11 is -1.30. The highest BCUT2D eigenvalue weighted by atomic mass is 32.2. The molecule has 2 heterocycles. The summed E-state index contributed by atoms with van der Waals surface area (Å²) in [7, 11) is 2.96. The van der Waals surface area contributed by atoms with Crippen LogP contribution in [0.4, 0.5) is 21.6 Å². The second-order valence-corrected chi connectivity index (χ2v) is 10.0. The number of amides is 1. The van der Waals surface area contributed by atoms with E-state index in [1.54, 1.807) is 44.2 Å². The van der Waals surface area contributed by atoms with E-state index in [-0.39, 0.29) is 40.2 Å². The number of carbonyl (C=O) groups is 1. The Morgan fingerprint density at radius 1 is 1.16 bits per heavy atom. The summed E-state index contributed by atoms with van der Waals surface area (Å²) in [5.74, 6) is -0.325. The van der Waals surface area contributed by atoms with E-state index in [9.17, 15) is 18.2 Å². The predicted molar refractivity (Wildman–Crippen MR) is 138 cm³/mol. The van der Waals surface area contributed by atoms with Crippen molar-refractivity contribution in [2.45, 2.75) is 32.7 Å². The molecule has 1 aliphatic carbocycles. The zero-order valence-corrected chi connectivity index (χ0v) is 21.5. The van der Waals surface area contributed by atoms with Gasteiger partial charge in [0.2, 0.25) is 11.2 Å². The van der Waals surface area contributed by atoms with Crippen LogP contribution in [-0.4, -0.2) is 27.8 Å². The standard InChI is InChI=1S/C25H26FN5O5S/c1-13-5-9-18(17(26)11-13)28-23-21(24(32)27-15-6-7-15)22(14(2)25(33)30(23)3)36-19-10-8-16(12-20(19)35-4)31-29-37(31)34/h5,8-12,15,28-29H,6-7H2,1-4H3,(H,27,32). The second-order valence-electron chi connectivity index (χ2n) is 8.97. The molecule has 5 rings (SSSR count). The van der Waals surface area contributed by atoms with E-state index in [1.165, 1.54) is 29.2 Å². The highest BCUT2D eigenvalue weighted by Crippen LogP contribution is 2.40. The largest absolute Gasteiger partial charge is 0.493 e. The van der Waals surface area contributed by atoms with Gasteiger partial charge in [-0.1, -0.05) is 6.07 Å². The van der Waals surface area contributed by atoms with Crippen LogP contribution in [0.25, 0.3) is 0 Å². The average molecular weight is 528 g/mol. The summed E-state index contributed by atoms with van der Waals surface area (Å²) in [6.45, 7) is 3.33. The summed E-state index contributed by atoms with van der Waals surface area (Å²) in [6, 6.07) is 9.54. The van der Waals surface area contributed by atoms with Crippen LogP contribution in [-0.2, 0) is 18.2 Å². The average Bonchev–Trinajstić information content (AvgIpc) is 3.80. The third-order valence-electron chi connectivity index (χ3n) is 6.17. The monoisotopic (exact) mass is 527 g/mol. The maximum atomic E-state index is 14.8. The van der Waals surface area contributed by atoms with Crippen LogP contribution in [0.2, 0.25) is 0 Å². The Morgan fingerprint density at radius 2 is 1.89 bits per heavy atom. The Kier molecular flexibility index (Phi) is 6.38. The molecule has 12 heteroatoms. The van der Waals surface area contributed by atoms with Gasteiger partial charge in [0, 0.05) is 19.2 Å². The number of carbonyl (C=O) groups excluding carboxylic acids is 1. The minimum absolute atomic E-state index is 0.0238. The number of aromatic nitrogens is 1. The lowest BCUT2D eigenvalue weighted by Crippen LogP contribution is -2.31. The fourth-order valence-electron chi connectivity index (χ4n) is 3.91. The lowest BCUT2D eigenvalue weighted by molar-refractivity contribution is 0.0948. The predicted octanol–water partition coefficient (Wildman–Crippen LogP) is 3.48. The van der Waals surface area contributed by atoms with E-state index >= 15 is 0 Å². The van der Waals surface area contributed by atoms with Gasteiger partial charge in [-0.25, -0.2) is 8.60 Å². The van der Waals surface area contributed by atoms with Gasteiger partial charge >= 0.3 is 0 Å². The summed E-state index contributed by atoms with van der Waals surface area (Å²) in [5, 5.41) is 5.88. The molecule has 2 aliphatic rings. The minimum atomic E-state index is -1.30. The lowest BCUT2D eigenvalue weighted by atomic mass is 10.1. The maximum absolute atomic E-state index is 14.8. The summed E-state index contributed by atoms with van der Waals surface area (Å²) in [4.78, 5) is 29.4. The maximum Gasteiger partial charge on any atom is 0.259 e. The van der Waals surface area contributed by atoms with E-state index in [2.05, 4.69) is 15.5 Å².